The summed E-state index contributed by atoms with van der Waals surface area (Å²) in [6.07, 6.45) is 3.44. The third-order valence-electron chi connectivity index (χ3n) is 3.18. The summed E-state index contributed by atoms with van der Waals surface area (Å²) < 4.78 is 13.2. The van der Waals surface area contributed by atoms with Crippen LogP contribution in [0, 0.1) is 21.8 Å². The van der Waals surface area contributed by atoms with Gasteiger partial charge in [-0.3, -0.25) is 14.9 Å². The van der Waals surface area contributed by atoms with E-state index >= 15 is 0 Å². The Morgan fingerprint density at radius 3 is 2.70 bits per heavy atom. The number of nitrogens with one attached hydrogen (secondary N) is 1. The van der Waals surface area contributed by atoms with Gasteiger partial charge in [0.25, 0.3) is 0 Å². The van der Waals surface area contributed by atoms with Crippen molar-refractivity contribution in [3.8, 4) is 0 Å². The number of nitro groups is 1. The van der Waals surface area contributed by atoms with E-state index < -0.39 is 16.4 Å². The van der Waals surface area contributed by atoms with E-state index in [2.05, 4.69) is 5.32 Å². The molecule has 0 aromatic heterocycles. The number of halogens is 1. The molecule has 0 radical (unpaired) electrons. The molecule has 0 fully saturated rings. The Balaban J connectivity index is 2.79. The summed E-state index contributed by atoms with van der Waals surface area (Å²) in [5.41, 5.74) is -0.387. The van der Waals surface area contributed by atoms with Crippen molar-refractivity contribution in [2.24, 2.45) is 5.92 Å². The Kier molecular flexibility index (Phi) is 6.09. The van der Waals surface area contributed by atoms with Gasteiger partial charge in [0.05, 0.1) is 4.92 Å². The zero-order chi connectivity index (χ0) is 15.1. The van der Waals surface area contributed by atoms with E-state index in [1.165, 1.54) is 6.07 Å². The van der Waals surface area contributed by atoms with Crippen molar-refractivity contribution in [2.45, 2.75) is 39.5 Å². The number of carbonyl (C=O) groups is 1. The molecule has 1 rings (SSSR count). The summed E-state index contributed by atoms with van der Waals surface area (Å²) >= 11 is 0. The van der Waals surface area contributed by atoms with Crippen LogP contribution < -0.4 is 5.32 Å². The van der Waals surface area contributed by atoms with Gasteiger partial charge in [-0.15, -0.1) is 0 Å². The third kappa shape index (κ3) is 4.29. The minimum atomic E-state index is -0.911. The largest absolute Gasteiger partial charge is 0.326 e. The van der Waals surface area contributed by atoms with Gasteiger partial charge in [-0.1, -0.05) is 26.7 Å². The maximum atomic E-state index is 13.2. The molecule has 20 heavy (non-hydrogen) atoms. The molecule has 0 saturated heterocycles. The molecule has 6 heteroatoms. The predicted molar refractivity (Wildman–Crippen MR) is 75.0 cm³/mol. The molecule has 0 aliphatic heterocycles. The van der Waals surface area contributed by atoms with Crippen LogP contribution in [0.25, 0.3) is 0 Å². The van der Waals surface area contributed by atoms with Crippen molar-refractivity contribution in [1.29, 1.82) is 0 Å². The van der Waals surface area contributed by atoms with Gasteiger partial charge in [0.2, 0.25) is 11.7 Å². The average molecular weight is 282 g/mol. The lowest BCUT2D eigenvalue weighted by Crippen LogP contribution is -2.22. The van der Waals surface area contributed by atoms with Crippen LogP contribution in [0.5, 0.6) is 0 Å². The quantitative estimate of drug-likeness (QED) is 0.609. The number of nitro benzene ring substituents is 1. The lowest BCUT2D eigenvalue weighted by Gasteiger charge is -2.14. The van der Waals surface area contributed by atoms with Gasteiger partial charge in [0.15, 0.2) is 0 Å². The van der Waals surface area contributed by atoms with Crippen molar-refractivity contribution in [1.82, 2.24) is 0 Å². The summed E-state index contributed by atoms with van der Waals surface area (Å²) in [6, 6.07) is 3.35. The van der Waals surface area contributed by atoms with Crippen LogP contribution in [0.15, 0.2) is 18.2 Å². The number of carbonyl (C=O) groups excluding carboxylic acids is 1. The molecule has 1 N–H and O–H groups in total. The first-order chi connectivity index (χ1) is 9.49. The number of amides is 1. The fourth-order valence-corrected chi connectivity index (χ4v) is 1.95. The van der Waals surface area contributed by atoms with Gasteiger partial charge in [-0.25, -0.2) is 0 Å². The first-order valence-electron chi connectivity index (χ1n) is 6.74. The van der Waals surface area contributed by atoms with Gasteiger partial charge in [-0.05, 0) is 25.0 Å². The highest BCUT2D eigenvalue weighted by Crippen LogP contribution is 2.23. The maximum absolute atomic E-state index is 13.2. The molecule has 1 aromatic carbocycles. The molecular weight excluding hydrogens is 263 g/mol. The van der Waals surface area contributed by atoms with Crippen LogP contribution in [0.1, 0.15) is 39.5 Å². The van der Waals surface area contributed by atoms with E-state index in [0.29, 0.717) is 6.42 Å². The maximum Gasteiger partial charge on any atom is 0.306 e. The molecule has 1 amide bonds. The summed E-state index contributed by atoms with van der Waals surface area (Å²) in [6.45, 7) is 3.97. The van der Waals surface area contributed by atoms with Crippen LogP contribution in [0.3, 0.4) is 0 Å². The van der Waals surface area contributed by atoms with Crippen LogP contribution in [0.2, 0.25) is 0 Å². The molecule has 0 bridgehead atoms. The Hall–Kier alpha value is -1.98. The van der Waals surface area contributed by atoms with Crippen molar-refractivity contribution >= 4 is 17.3 Å². The van der Waals surface area contributed by atoms with Gasteiger partial charge < -0.3 is 5.32 Å². The molecule has 1 atom stereocenters. The van der Waals surface area contributed by atoms with E-state index in [9.17, 15) is 19.3 Å². The molecule has 1 aromatic rings. The lowest BCUT2D eigenvalue weighted by atomic mass is 9.98. The smallest absolute Gasteiger partial charge is 0.306 e. The fraction of sp³-hybridized carbons (Fsp3) is 0.500. The molecule has 0 aliphatic rings. The second-order valence-corrected chi connectivity index (χ2v) is 4.66. The number of rotatable bonds is 7. The second-order valence-electron chi connectivity index (χ2n) is 4.66. The molecule has 110 valence electrons. The molecule has 0 heterocycles. The van der Waals surface area contributed by atoms with E-state index in [1.54, 1.807) is 0 Å². The van der Waals surface area contributed by atoms with E-state index in [-0.39, 0.29) is 17.5 Å². The topological polar surface area (TPSA) is 72.2 Å². The van der Waals surface area contributed by atoms with Crippen LogP contribution in [-0.4, -0.2) is 10.8 Å². The van der Waals surface area contributed by atoms with Crippen molar-refractivity contribution < 1.29 is 14.1 Å². The Bertz CT molecular complexity index is 491. The zero-order valence-corrected chi connectivity index (χ0v) is 11.7. The monoisotopic (exact) mass is 282 g/mol. The number of nitrogens with zero attached hydrogens (tertiary/aromatic N) is 1. The number of anilines is 1. The predicted octanol–water partition coefficient (Wildman–Crippen LogP) is 3.89. The Morgan fingerprint density at radius 1 is 1.45 bits per heavy atom. The van der Waals surface area contributed by atoms with E-state index in [1.807, 2.05) is 13.8 Å². The second kappa shape index (κ2) is 7.57. The minimum absolute atomic E-state index is 0.126. The van der Waals surface area contributed by atoms with Gasteiger partial charge in [0.1, 0.15) is 0 Å². The summed E-state index contributed by atoms with van der Waals surface area (Å²) in [5.74, 6) is -1.22. The Morgan fingerprint density at radius 2 is 2.15 bits per heavy atom. The number of hydrogen-bond acceptors (Lipinski definition) is 3. The van der Waals surface area contributed by atoms with Crippen molar-refractivity contribution in [3.05, 3.63) is 34.1 Å². The number of hydrogen-bond donors (Lipinski definition) is 1. The van der Waals surface area contributed by atoms with E-state index in [0.717, 1.165) is 31.4 Å². The van der Waals surface area contributed by atoms with Crippen LogP contribution in [-0.2, 0) is 4.79 Å². The first-order valence-corrected chi connectivity index (χ1v) is 6.74. The average Bonchev–Trinajstić information content (AvgIpc) is 2.41. The molecular formula is C14H19FN2O3. The van der Waals surface area contributed by atoms with Gasteiger partial charge >= 0.3 is 5.69 Å². The molecule has 0 saturated carbocycles. The zero-order valence-electron chi connectivity index (χ0n) is 11.7. The molecule has 0 spiro atoms. The fourth-order valence-electron chi connectivity index (χ4n) is 1.95. The minimum Gasteiger partial charge on any atom is -0.326 e. The SMILES string of the molecule is CCCC[C@H](CC)C(=O)Nc1ccc(F)c([N+](=O)[O-])c1. The highest BCUT2D eigenvalue weighted by atomic mass is 19.1. The lowest BCUT2D eigenvalue weighted by molar-refractivity contribution is -0.387. The van der Waals surface area contributed by atoms with Crippen molar-refractivity contribution in [2.75, 3.05) is 5.32 Å². The summed E-state index contributed by atoms with van der Waals surface area (Å²) in [7, 11) is 0. The first kappa shape index (κ1) is 16.1. The number of benzene rings is 1. The van der Waals surface area contributed by atoms with E-state index in [4.69, 9.17) is 0 Å². The third-order valence-corrected chi connectivity index (χ3v) is 3.18. The highest BCUT2D eigenvalue weighted by molar-refractivity contribution is 5.92. The van der Waals surface area contributed by atoms with Gasteiger partial charge in [-0.2, -0.15) is 4.39 Å². The normalized spacial score (nSPS) is 11.9. The molecule has 5 nitrogen and oxygen atoms in total. The standard InChI is InChI=1S/C14H19FN2O3/c1-3-5-6-10(4-2)14(18)16-11-7-8-12(15)13(9-11)17(19)20/h7-10H,3-6H2,1-2H3,(H,16,18)/t10-/m0/s1. The summed E-state index contributed by atoms with van der Waals surface area (Å²) in [5, 5.41) is 13.3. The van der Waals surface area contributed by atoms with Crippen LogP contribution >= 0.6 is 0 Å². The highest BCUT2D eigenvalue weighted by Gasteiger charge is 2.19. The Labute approximate surface area is 117 Å². The summed E-state index contributed by atoms with van der Waals surface area (Å²) in [4.78, 5) is 21.9. The van der Waals surface area contributed by atoms with Gasteiger partial charge in [0, 0.05) is 17.7 Å². The number of unbranched alkanes of at least 4 members (excludes halogenated alkanes) is 1. The van der Waals surface area contributed by atoms with Crippen molar-refractivity contribution in [3.63, 3.8) is 0 Å². The van der Waals surface area contributed by atoms with Crippen LogP contribution in [0.4, 0.5) is 15.8 Å². The molecule has 0 unspecified atom stereocenters. The molecule has 0 aliphatic carbocycles.